The maximum Gasteiger partial charge on any atom is 0.407 e. The van der Waals surface area contributed by atoms with Gasteiger partial charge in [0.05, 0.1) is 5.41 Å². The van der Waals surface area contributed by atoms with Crippen LogP contribution in [-0.2, 0) is 28.5 Å². The van der Waals surface area contributed by atoms with E-state index in [-0.39, 0.29) is 0 Å². The van der Waals surface area contributed by atoms with E-state index in [4.69, 9.17) is 30.4 Å². The summed E-state index contributed by atoms with van der Waals surface area (Å²) < 4.78 is 21.1. The van der Waals surface area contributed by atoms with Gasteiger partial charge in [0, 0.05) is 39.3 Å². The summed E-state index contributed by atoms with van der Waals surface area (Å²) in [5.74, 6) is -1.81. The Balaban J connectivity index is 6.38. The lowest BCUT2D eigenvalue weighted by molar-refractivity contribution is -0.132. The summed E-state index contributed by atoms with van der Waals surface area (Å²) in [7, 11) is 0. The zero-order chi connectivity index (χ0) is 37.1. The number of hydrogen-bond acceptors (Lipinski definition) is 11. The van der Waals surface area contributed by atoms with E-state index >= 15 is 0 Å². The van der Waals surface area contributed by atoms with Crippen molar-refractivity contribution in [2.45, 2.75) is 105 Å². The Morgan fingerprint density at radius 1 is 0.447 bits per heavy atom. The van der Waals surface area contributed by atoms with E-state index in [0.717, 1.165) is 0 Å². The Bertz CT molecular complexity index is 1050. The normalized spacial score (nSPS) is 12.6. The van der Waals surface area contributed by atoms with Crippen LogP contribution in [0.15, 0.2) is 0 Å². The van der Waals surface area contributed by atoms with Crippen LogP contribution in [0.3, 0.4) is 0 Å². The van der Waals surface area contributed by atoms with Crippen LogP contribution in [0.4, 0.5) is 19.2 Å². The first kappa shape index (κ1) is 43.0. The molecule has 0 aromatic carbocycles. The van der Waals surface area contributed by atoms with Gasteiger partial charge >= 0.3 is 24.4 Å². The fourth-order valence-corrected chi connectivity index (χ4v) is 3.57. The molecule has 0 aliphatic heterocycles. The Labute approximate surface area is 277 Å². The first-order valence-electron chi connectivity index (χ1n) is 15.2. The summed E-state index contributed by atoms with van der Waals surface area (Å²) in [4.78, 5) is 76.8. The lowest BCUT2D eigenvalue weighted by Gasteiger charge is -2.36. The minimum Gasteiger partial charge on any atom is -0.444 e. The second-order valence-electron chi connectivity index (χ2n) is 15.2. The van der Waals surface area contributed by atoms with Gasteiger partial charge in [0.2, 0.25) is 11.8 Å². The molecule has 0 heterocycles. The number of nitrogens with one attached hydrogen (secondary N) is 5. The van der Waals surface area contributed by atoms with Crippen LogP contribution in [0.25, 0.3) is 0 Å². The summed E-state index contributed by atoms with van der Waals surface area (Å²) in [6.07, 6.45) is -3.47. The van der Waals surface area contributed by atoms with Crippen LogP contribution in [0.5, 0.6) is 0 Å². The molecule has 0 aromatic heterocycles. The van der Waals surface area contributed by atoms with Gasteiger partial charge in [-0.3, -0.25) is 9.59 Å². The fourth-order valence-electron chi connectivity index (χ4n) is 3.57. The Morgan fingerprint density at radius 2 is 0.681 bits per heavy atom. The predicted molar refractivity (Wildman–Crippen MR) is 173 cm³/mol. The van der Waals surface area contributed by atoms with E-state index in [1.54, 1.807) is 83.1 Å². The highest BCUT2D eigenvalue weighted by atomic mass is 16.6. The molecular weight excluding hydrogens is 618 g/mol. The third kappa shape index (κ3) is 18.0. The van der Waals surface area contributed by atoms with Crippen molar-refractivity contribution in [3.63, 3.8) is 0 Å². The standard InChI is InChI=1S/C30H57N7O10/c1-25(2,3)44-21(40)34-14-29(13-31,15-35-22(41)45-26(4,5)6)20(39)33-16-30(19(32)38,17-36-23(42)46-27(7,8)9)18-37-24(43)47-28(10,11)12/h13-18,31H2,1-12H3,(H2,32,38)(H,33,39)(H,34,40)(H,35,41)(H,36,42)(H,37,43). The van der Waals surface area contributed by atoms with Crippen LogP contribution >= 0.6 is 0 Å². The lowest BCUT2D eigenvalue weighted by atomic mass is 9.83. The first-order chi connectivity index (χ1) is 21.0. The van der Waals surface area contributed by atoms with E-state index in [1.807, 2.05) is 0 Å². The Morgan fingerprint density at radius 3 is 0.894 bits per heavy atom. The largest absolute Gasteiger partial charge is 0.444 e. The number of primary amides is 1. The van der Waals surface area contributed by atoms with Crippen molar-refractivity contribution >= 4 is 36.2 Å². The molecule has 0 bridgehead atoms. The molecule has 0 saturated carbocycles. The summed E-state index contributed by atoms with van der Waals surface area (Å²) in [5, 5.41) is 12.5. The van der Waals surface area contributed by atoms with Crippen molar-refractivity contribution in [3.8, 4) is 0 Å². The molecule has 47 heavy (non-hydrogen) atoms. The number of amides is 6. The number of carbonyl (C=O) groups is 6. The number of nitrogens with two attached hydrogens (primary N) is 2. The molecular formula is C30H57N7O10. The highest BCUT2D eigenvalue weighted by Gasteiger charge is 2.43. The molecule has 9 N–H and O–H groups in total. The highest BCUT2D eigenvalue weighted by molar-refractivity contribution is 5.87. The van der Waals surface area contributed by atoms with Gasteiger partial charge in [0.25, 0.3) is 0 Å². The number of carbonyl (C=O) groups excluding carboxylic acids is 6. The molecule has 6 amide bonds. The van der Waals surface area contributed by atoms with Crippen LogP contribution < -0.4 is 38.1 Å². The molecule has 0 radical (unpaired) electrons. The zero-order valence-corrected chi connectivity index (χ0v) is 30.0. The van der Waals surface area contributed by atoms with Crippen LogP contribution in [0.2, 0.25) is 0 Å². The molecule has 272 valence electrons. The average Bonchev–Trinajstić information content (AvgIpc) is 2.84. The van der Waals surface area contributed by atoms with Crippen LogP contribution in [0, 0.1) is 10.8 Å². The molecule has 0 aliphatic rings. The summed E-state index contributed by atoms with van der Waals surface area (Å²) in [5.41, 5.74) is 4.90. The minimum absolute atomic E-state index is 0.402. The summed E-state index contributed by atoms with van der Waals surface area (Å²) >= 11 is 0. The van der Waals surface area contributed by atoms with E-state index in [0.29, 0.717) is 0 Å². The number of rotatable bonds is 13. The summed E-state index contributed by atoms with van der Waals surface area (Å²) in [6, 6.07) is 0. The third-order valence-corrected chi connectivity index (χ3v) is 5.86. The van der Waals surface area contributed by atoms with Crippen molar-refractivity contribution in [2.24, 2.45) is 22.3 Å². The average molecular weight is 676 g/mol. The van der Waals surface area contributed by atoms with Gasteiger partial charge in [-0.15, -0.1) is 0 Å². The maximum absolute atomic E-state index is 13.9. The molecule has 0 aliphatic carbocycles. The van der Waals surface area contributed by atoms with Crippen molar-refractivity contribution in [2.75, 3.05) is 39.3 Å². The lowest BCUT2D eigenvalue weighted by Crippen LogP contribution is -2.62. The van der Waals surface area contributed by atoms with Crippen molar-refractivity contribution in [1.29, 1.82) is 0 Å². The predicted octanol–water partition coefficient (Wildman–Crippen LogP) is 1.62. The van der Waals surface area contributed by atoms with E-state index < -0.39 is 109 Å². The van der Waals surface area contributed by atoms with Crippen LogP contribution in [0.1, 0.15) is 83.1 Å². The maximum atomic E-state index is 13.9. The van der Waals surface area contributed by atoms with Crippen molar-refractivity contribution in [3.05, 3.63) is 0 Å². The zero-order valence-electron chi connectivity index (χ0n) is 30.0. The van der Waals surface area contributed by atoms with E-state index in [9.17, 15) is 28.8 Å². The van der Waals surface area contributed by atoms with Crippen molar-refractivity contribution in [1.82, 2.24) is 26.6 Å². The highest BCUT2D eigenvalue weighted by Crippen LogP contribution is 2.20. The van der Waals surface area contributed by atoms with Crippen molar-refractivity contribution < 1.29 is 47.7 Å². The fraction of sp³-hybridized carbons (Fsp3) is 0.800. The van der Waals surface area contributed by atoms with Gasteiger partial charge in [-0.2, -0.15) is 0 Å². The Hall–Kier alpha value is -4.02. The SMILES string of the molecule is CC(C)(C)OC(=O)NCC(CNC(=O)OC(C)(C)C)(CNC(=O)C(CN)(CNC(=O)OC(C)(C)C)CNC(=O)OC(C)(C)C)C(N)=O. The smallest absolute Gasteiger partial charge is 0.407 e. The van der Waals surface area contributed by atoms with Gasteiger partial charge in [-0.25, -0.2) is 19.2 Å². The molecule has 0 spiro atoms. The Kier molecular flexibility index (Phi) is 15.3. The molecule has 0 aromatic rings. The topological polar surface area (TPSA) is 252 Å². The number of alkyl carbamates (subject to hydrolysis) is 4. The van der Waals surface area contributed by atoms with Gasteiger partial charge < -0.3 is 57.0 Å². The second kappa shape index (κ2) is 16.7. The minimum atomic E-state index is -1.82. The molecule has 17 nitrogen and oxygen atoms in total. The molecule has 0 fully saturated rings. The molecule has 0 atom stereocenters. The molecule has 0 unspecified atom stereocenters. The molecule has 0 saturated heterocycles. The number of ether oxygens (including phenoxy) is 4. The van der Waals surface area contributed by atoms with Gasteiger partial charge in [0.1, 0.15) is 27.8 Å². The second-order valence-corrected chi connectivity index (χ2v) is 15.2. The van der Waals surface area contributed by atoms with E-state index in [1.165, 1.54) is 0 Å². The molecule has 17 heteroatoms. The summed E-state index contributed by atoms with van der Waals surface area (Å²) in [6.45, 7) is 17.1. The molecule has 0 rings (SSSR count). The van der Waals surface area contributed by atoms with Crippen LogP contribution in [-0.4, -0.2) is 97.9 Å². The quantitative estimate of drug-likeness (QED) is 0.138. The van der Waals surface area contributed by atoms with Gasteiger partial charge in [-0.1, -0.05) is 0 Å². The number of hydrogen-bond donors (Lipinski definition) is 7. The monoisotopic (exact) mass is 675 g/mol. The van der Waals surface area contributed by atoms with Gasteiger partial charge in [0.15, 0.2) is 0 Å². The van der Waals surface area contributed by atoms with Gasteiger partial charge in [-0.05, 0) is 83.1 Å². The third-order valence-electron chi connectivity index (χ3n) is 5.86. The first-order valence-corrected chi connectivity index (χ1v) is 15.2. The van der Waals surface area contributed by atoms with E-state index in [2.05, 4.69) is 26.6 Å².